The van der Waals surface area contributed by atoms with Crippen LogP contribution in [0.1, 0.15) is 12.0 Å². The molecule has 16 heavy (non-hydrogen) atoms. The first-order chi connectivity index (χ1) is 7.70. The smallest absolute Gasteiger partial charge is 0.120 e. The molecule has 0 heterocycles. The molecule has 0 radical (unpaired) electrons. The average Bonchev–Trinajstić information content (AvgIpc) is 2.27. The zero-order chi connectivity index (χ0) is 11.5. The minimum Gasteiger partial charge on any atom is -0.508 e. The van der Waals surface area contributed by atoms with Crippen molar-refractivity contribution < 1.29 is 9.90 Å². The Morgan fingerprint density at radius 2 is 2.00 bits per heavy atom. The van der Waals surface area contributed by atoms with Crippen molar-refractivity contribution in [2.75, 3.05) is 0 Å². The molecule has 0 aliphatic rings. The standard InChI is InChI=1S/C13H11BrO2/c14-12-4-3-9-8-13(16)10(2-1-5-15)6-11(9)7-12/h3-8,16H,1-2H2. The summed E-state index contributed by atoms with van der Waals surface area (Å²) in [6, 6.07) is 9.55. The molecule has 0 bridgehead atoms. The van der Waals surface area contributed by atoms with Crippen LogP contribution in [0.5, 0.6) is 5.75 Å². The molecule has 2 aromatic carbocycles. The van der Waals surface area contributed by atoms with E-state index in [1.165, 1.54) is 0 Å². The van der Waals surface area contributed by atoms with Crippen molar-refractivity contribution in [1.82, 2.24) is 0 Å². The summed E-state index contributed by atoms with van der Waals surface area (Å²) in [5.41, 5.74) is 0.817. The predicted octanol–water partition coefficient (Wildman–Crippen LogP) is 3.44. The van der Waals surface area contributed by atoms with Crippen molar-refractivity contribution in [2.45, 2.75) is 12.8 Å². The van der Waals surface area contributed by atoms with Crippen LogP contribution in [0.3, 0.4) is 0 Å². The van der Waals surface area contributed by atoms with Crippen molar-refractivity contribution >= 4 is 33.0 Å². The van der Waals surface area contributed by atoms with Crippen LogP contribution in [0, 0.1) is 0 Å². The van der Waals surface area contributed by atoms with Gasteiger partial charge in [-0.2, -0.15) is 0 Å². The van der Waals surface area contributed by atoms with Crippen molar-refractivity contribution in [3.63, 3.8) is 0 Å². The molecule has 0 aromatic heterocycles. The van der Waals surface area contributed by atoms with Crippen LogP contribution >= 0.6 is 15.9 Å². The Hall–Kier alpha value is -1.35. The minimum absolute atomic E-state index is 0.261. The number of phenols is 1. The number of phenolic OH excluding ortho intramolecular Hbond substituents is 1. The highest BCUT2D eigenvalue weighted by molar-refractivity contribution is 9.10. The second kappa shape index (κ2) is 4.66. The normalized spacial score (nSPS) is 10.6. The van der Waals surface area contributed by atoms with E-state index in [-0.39, 0.29) is 5.75 Å². The van der Waals surface area contributed by atoms with Crippen LogP contribution in [0.2, 0.25) is 0 Å². The molecule has 2 aromatic rings. The third kappa shape index (κ3) is 2.25. The first-order valence-electron chi connectivity index (χ1n) is 5.05. The summed E-state index contributed by atoms with van der Waals surface area (Å²) in [5.74, 6) is 0.261. The number of hydrogen-bond donors (Lipinski definition) is 1. The summed E-state index contributed by atoms with van der Waals surface area (Å²) in [6.07, 6.45) is 1.88. The molecule has 2 rings (SSSR count). The van der Waals surface area contributed by atoms with Gasteiger partial charge in [0, 0.05) is 10.9 Å². The Morgan fingerprint density at radius 3 is 2.75 bits per heavy atom. The Labute approximate surface area is 102 Å². The molecule has 0 saturated heterocycles. The van der Waals surface area contributed by atoms with E-state index < -0.39 is 0 Å². The summed E-state index contributed by atoms with van der Waals surface area (Å²) in [7, 11) is 0. The zero-order valence-corrected chi connectivity index (χ0v) is 10.2. The molecular weight excluding hydrogens is 268 g/mol. The summed E-state index contributed by atoms with van der Waals surface area (Å²) in [4.78, 5) is 10.3. The summed E-state index contributed by atoms with van der Waals surface area (Å²) in [5, 5.41) is 11.8. The van der Waals surface area contributed by atoms with Crippen molar-refractivity contribution in [3.05, 3.63) is 40.4 Å². The second-order valence-corrected chi connectivity index (χ2v) is 4.59. The van der Waals surface area contributed by atoms with E-state index in [0.29, 0.717) is 12.8 Å². The van der Waals surface area contributed by atoms with Gasteiger partial charge in [-0.1, -0.05) is 22.0 Å². The van der Waals surface area contributed by atoms with Crippen molar-refractivity contribution in [1.29, 1.82) is 0 Å². The highest BCUT2D eigenvalue weighted by Crippen LogP contribution is 2.27. The first kappa shape index (κ1) is 11.1. The van der Waals surface area contributed by atoms with Gasteiger partial charge >= 0.3 is 0 Å². The lowest BCUT2D eigenvalue weighted by molar-refractivity contribution is -0.107. The van der Waals surface area contributed by atoms with Crippen LogP contribution < -0.4 is 0 Å². The fraction of sp³-hybridized carbons (Fsp3) is 0.154. The average molecular weight is 279 g/mol. The number of aldehydes is 1. The quantitative estimate of drug-likeness (QED) is 0.874. The largest absolute Gasteiger partial charge is 0.508 e. The van der Waals surface area contributed by atoms with Crippen LogP contribution in [0.4, 0.5) is 0 Å². The van der Waals surface area contributed by atoms with E-state index in [9.17, 15) is 9.90 Å². The van der Waals surface area contributed by atoms with Gasteiger partial charge in [-0.15, -0.1) is 0 Å². The maximum absolute atomic E-state index is 10.3. The zero-order valence-electron chi connectivity index (χ0n) is 8.61. The van der Waals surface area contributed by atoms with Gasteiger partial charge in [0.25, 0.3) is 0 Å². The van der Waals surface area contributed by atoms with E-state index in [1.54, 1.807) is 6.07 Å². The number of hydrogen-bond acceptors (Lipinski definition) is 2. The van der Waals surface area contributed by atoms with E-state index in [4.69, 9.17) is 0 Å². The Kier molecular flexibility index (Phi) is 3.25. The Bertz CT molecular complexity index is 535. The number of aryl methyl sites for hydroxylation is 1. The van der Waals surface area contributed by atoms with Gasteiger partial charge in [0.15, 0.2) is 0 Å². The molecule has 3 heteroatoms. The van der Waals surface area contributed by atoms with Crippen molar-refractivity contribution in [2.24, 2.45) is 0 Å². The minimum atomic E-state index is 0.261. The molecule has 0 atom stereocenters. The van der Waals surface area contributed by atoms with Crippen molar-refractivity contribution in [3.8, 4) is 5.75 Å². The topological polar surface area (TPSA) is 37.3 Å². The fourth-order valence-electron chi connectivity index (χ4n) is 1.72. The van der Waals surface area contributed by atoms with Gasteiger partial charge in [-0.05, 0) is 47.0 Å². The second-order valence-electron chi connectivity index (χ2n) is 3.68. The van der Waals surface area contributed by atoms with Gasteiger partial charge in [-0.25, -0.2) is 0 Å². The van der Waals surface area contributed by atoms with Gasteiger partial charge in [-0.3, -0.25) is 0 Å². The maximum Gasteiger partial charge on any atom is 0.120 e. The summed E-state index contributed by atoms with van der Waals surface area (Å²) in [6.45, 7) is 0. The molecule has 0 aliphatic carbocycles. The molecule has 2 nitrogen and oxygen atoms in total. The van der Waals surface area contributed by atoms with Crippen LogP contribution in [-0.2, 0) is 11.2 Å². The molecule has 0 spiro atoms. The van der Waals surface area contributed by atoms with E-state index >= 15 is 0 Å². The number of carbonyl (C=O) groups excluding carboxylic acids is 1. The molecule has 82 valence electrons. The Balaban J connectivity index is 2.50. The molecule has 0 aliphatic heterocycles. The third-order valence-electron chi connectivity index (χ3n) is 2.53. The number of carbonyl (C=O) groups is 1. The van der Waals surface area contributed by atoms with Gasteiger partial charge < -0.3 is 9.90 Å². The number of fused-ring (bicyclic) bond motifs is 1. The molecule has 1 N–H and O–H groups in total. The monoisotopic (exact) mass is 278 g/mol. The van der Waals surface area contributed by atoms with Crippen LogP contribution in [0.15, 0.2) is 34.8 Å². The van der Waals surface area contributed by atoms with Gasteiger partial charge in [0.2, 0.25) is 0 Å². The van der Waals surface area contributed by atoms with E-state index in [0.717, 1.165) is 27.1 Å². The number of aromatic hydroxyl groups is 1. The van der Waals surface area contributed by atoms with Gasteiger partial charge in [0.05, 0.1) is 0 Å². The highest BCUT2D eigenvalue weighted by atomic mass is 79.9. The summed E-state index contributed by atoms with van der Waals surface area (Å²) < 4.78 is 1.01. The number of rotatable bonds is 3. The Morgan fingerprint density at radius 1 is 1.19 bits per heavy atom. The summed E-state index contributed by atoms with van der Waals surface area (Å²) >= 11 is 3.41. The van der Waals surface area contributed by atoms with Crippen LogP contribution in [-0.4, -0.2) is 11.4 Å². The predicted molar refractivity (Wildman–Crippen MR) is 67.7 cm³/mol. The lowest BCUT2D eigenvalue weighted by Gasteiger charge is -2.06. The number of halogens is 1. The maximum atomic E-state index is 10.3. The molecule has 0 unspecified atom stereocenters. The third-order valence-corrected chi connectivity index (χ3v) is 3.02. The molecule has 0 saturated carbocycles. The fourth-order valence-corrected chi connectivity index (χ4v) is 2.10. The lowest BCUT2D eigenvalue weighted by Crippen LogP contribution is -1.88. The first-order valence-corrected chi connectivity index (χ1v) is 5.85. The lowest BCUT2D eigenvalue weighted by atomic mass is 10.0. The molecule has 0 amide bonds. The molecular formula is C13H11BrO2. The van der Waals surface area contributed by atoms with Gasteiger partial charge in [0.1, 0.15) is 12.0 Å². The SMILES string of the molecule is O=CCCc1cc2cc(Br)ccc2cc1O. The van der Waals surface area contributed by atoms with E-state index in [1.807, 2.05) is 24.3 Å². The van der Waals surface area contributed by atoms with E-state index in [2.05, 4.69) is 15.9 Å². The van der Waals surface area contributed by atoms with Crippen LogP contribution in [0.25, 0.3) is 10.8 Å². The highest BCUT2D eigenvalue weighted by Gasteiger charge is 2.04. The molecule has 0 fully saturated rings. The number of benzene rings is 2.